The number of ether oxygens (including phenoxy) is 2. The summed E-state index contributed by atoms with van der Waals surface area (Å²) in [6.45, 7) is 3.37. The van der Waals surface area contributed by atoms with E-state index in [2.05, 4.69) is 4.98 Å². The molecule has 1 fully saturated rings. The Labute approximate surface area is 208 Å². The van der Waals surface area contributed by atoms with E-state index in [0.717, 1.165) is 6.42 Å². The molecule has 36 heavy (non-hydrogen) atoms. The molecule has 4 rings (SSSR count). The second kappa shape index (κ2) is 11.1. The zero-order chi connectivity index (χ0) is 25.7. The molecule has 0 saturated carbocycles. The molecule has 8 nitrogen and oxygen atoms in total. The van der Waals surface area contributed by atoms with Gasteiger partial charge in [0, 0.05) is 31.0 Å². The molecular weight excluding hydrogens is 465 g/mol. The van der Waals surface area contributed by atoms with Crippen LogP contribution in [0.5, 0.6) is 11.5 Å². The lowest BCUT2D eigenvalue weighted by Gasteiger charge is -2.26. The van der Waals surface area contributed by atoms with Crippen LogP contribution in [-0.2, 0) is 16.1 Å². The van der Waals surface area contributed by atoms with Crippen molar-refractivity contribution in [1.82, 2.24) is 14.5 Å². The number of rotatable bonds is 10. The second-order valence-corrected chi connectivity index (χ2v) is 8.41. The molecule has 1 amide bonds. The number of carbonyl (C=O) groups excluding carboxylic acids is 2. The molecular formula is C27H28FN3O5. The number of benzene rings is 2. The Kier molecular flexibility index (Phi) is 7.68. The van der Waals surface area contributed by atoms with Gasteiger partial charge in [0.2, 0.25) is 0 Å². The summed E-state index contributed by atoms with van der Waals surface area (Å²) in [5.74, 6) is -1.35. The highest BCUT2D eigenvalue weighted by atomic mass is 19.1. The quantitative estimate of drug-likeness (QED) is 0.257. The van der Waals surface area contributed by atoms with Crippen LogP contribution in [0.1, 0.15) is 36.9 Å². The van der Waals surface area contributed by atoms with Crippen molar-refractivity contribution in [3.63, 3.8) is 0 Å². The molecule has 1 N–H and O–H groups in total. The molecule has 188 valence electrons. The lowest BCUT2D eigenvalue weighted by Crippen LogP contribution is -2.31. The van der Waals surface area contributed by atoms with Gasteiger partial charge < -0.3 is 24.0 Å². The maximum atomic E-state index is 13.5. The van der Waals surface area contributed by atoms with E-state index in [1.807, 2.05) is 17.7 Å². The normalized spacial score (nSPS) is 17.0. The Hall–Kier alpha value is -4.14. The first-order valence-corrected chi connectivity index (χ1v) is 11.8. The van der Waals surface area contributed by atoms with Gasteiger partial charge in [0.15, 0.2) is 11.5 Å². The average molecular weight is 494 g/mol. The van der Waals surface area contributed by atoms with Gasteiger partial charge in [0.05, 0.1) is 31.7 Å². The summed E-state index contributed by atoms with van der Waals surface area (Å²) in [5.41, 5.74) is 0.771. The number of amides is 1. The predicted molar refractivity (Wildman–Crippen MR) is 131 cm³/mol. The Balaban J connectivity index is 1.75. The number of Topliss-reactive ketones (excluding diaryl/α,β-unsaturated/α-hetero) is 1. The fraction of sp³-hybridized carbons (Fsp3) is 0.296. The second-order valence-electron chi connectivity index (χ2n) is 8.41. The number of methoxy groups -OCH3 is 1. The molecule has 9 heteroatoms. The number of likely N-dealkylation sites (tertiary alicyclic amines) is 1. The van der Waals surface area contributed by atoms with E-state index in [1.54, 1.807) is 30.7 Å². The summed E-state index contributed by atoms with van der Waals surface area (Å²) >= 11 is 0. The van der Waals surface area contributed by atoms with Gasteiger partial charge in [-0.25, -0.2) is 9.37 Å². The zero-order valence-corrected chi connectivity index (χ0v) is 20.2. The van der Waals surface area contributed by atoms with Crippen molar-refractivity contribution in [2.75, 3.05) is 20.3 Å². The molecule has 1 aromatic heterocycles. The van der Waals surface area contributed by atoms with Gasteiger partial charge in [-0.05, 0) is 54.8 Å². The lowest BCUT2D eigenvalue weighted by molar-refractivity contribution is -0.139. The number of nitrogens with zero attached hydrogens (tertiary/aromatic N) is 3. The predicted octanol–water partition coefficient (Wildman–Crippen LogP) is 4.33. The van der Waals surface area contributed by atoms with Crippen molar-refractivity contribution in [2.45, 2.75) is 32.4 Å². The number of aryl methyl sites for hydroxylation is 1. The van der Waals surface area contributed by atoms with Crippen LogP contribution in [0.15, 0.2) is 66.8 Å². The number of carbonyl (C=O) groups is 2. The van der Waals surface area contributed by atoms with E-state index in [0.29, 0.717) is 36.6 Å². The summed E-state index contributed by atoms with van der Waals surface area (Å²) in [6, 6.07) is 9.46. The van der Waals surface area contributed by atoms with E-state index in [-0.39, 0.29) is 23.4 Å². The number of ketones is 1. The molecule has 0 aliphatic carbocycles. The summed E-state index contributed by atoms with van der Waals surface area (Å²) in [6.07, 6.45) is 6.55. The summed E-state index contributed by atoms with van der Waals surface area (Å²) in [4.78, 5) is 31.8. The highest BCUT2D eigenvalue weighted by Crippen LogP contribution is 2.42. The summed E-state index contributed by atoms with van der Waals surface area (Å²) in [7, 11) is 1.51. The maximum Gasteiger partial charge on any atom is 0.295 e. The third-order valence-electron chi connectivity index (χ3n) is 6.00. The van der Waals surface area contributed by atoms with Crippen molar-refractivity contribution in [1.29, 1.82) is 0 Å². The van der Waals surface area contributed by atoms with Gasteiger partial charge in [0.25, 0.3) is 11.7 Å². The minimum Gasteiger partial charge on any atom is -0.507 e. The smallest absolute Gasteiger partial charge is 0.295 e. The van der Waals surface area contributed by atoms with Crippen LogP contribution in [0.25, 0.3) is 5.76 Å². The first kappa shape index (κ1) is 25.0. The molecule has 1 aliphatic rings. The van der Waals surface area contributed by atoms with Crippen molar-refractivity contribution >= 4 is 17.4 Å². The van der Waals surface area contributed by atoms with Gasteiger partial charge in [-0.15, -0.1) is 0 Å². The number of hydrogen-bond acceptors (Lipinski definition) is 6. The van der Waals surface area contributed by atoms with Crippen LogP contribution in [0.4, 0.5) is 4.39 Å². The van der Waals surface area contributed by atoms with Gasteiger partial charge in [-0.1, -0.05) is 13.0 Å². The van der Waals surface area contributed by atoms with Crippen LogP contribution in [0.3, 0.4) is 0 Å². The Morgan fingerprint density at radius 2 is 1.89 bits per heavy atom. The zero-order valence-electron chi connectivity index (χ0n) is 20.2. The van der Waals surface area contributed by atoms with E-state index >= 15 is 0 Å². The van der Waals surface area contributed by atoms with Crippen molar-refractivity contribution < 1.29 is 28.6 Å². The van der Waals surface area contributed by atoms with Crippen LogP contribution >= 0.6 is 0 Å². The third kappa shape index (κ3) is 5.10. The molecule has 2 heterocycles. The first-order valence-electron chi connectivity index (χ1n) is 11.8. The van der Waals surface area contributed by atoms with E-state index in [4.69, 9.17) is 9.47 Å². The molecule has 2 aromatic carbocycles. The SMILES string of the molecule is CCCOc1ccc([C@H]2/C(=C(\O)c3ccc(F)cc3)C(=O)C(=O)N2CCCn2ccnc2)cc1OC. The number of halogens is 1. The fourth-order valence-electron chi connectivity index (χ4n) is 4.25. The minimum absolute atomic E-state index is 0.0569. The van der Waals surface area contributed by atoms with Crippen LogP contribution in [-0.4, -0.2) is 51.5 Å². The number of imidazole rings is 1. The van der Waals surface area contributed by atoms with Crippen LogP contribution < -0.4 is 9.47 Å². The van der Waals surface area contributed by atoms with E-state index in [9.17, 15) is 19.1 Å². The molecule has 3 aromatic rings. The molecule has 0 spiro atoms. The maximum absolute atomic E-state index is 13.5. The number of aliphatic hydroxyl groups is 1. The molecule has 1 atom stereocenters. The van der Waals surface area contributed by atoms with Gasteiger partial charge in [-0.3, -0.25) is 9.59 Å². The molecule has 0 radical (unpaired) electrons. The fourth-order valence-corrected chi connectivity index (χ4v) is 4.25. The first-order chi connectivity index (χ1) is 17.4. The highest BCUT2D eigenvalue weighted by Gasteiger charge is 2.46. The van der Waals surface area contributed by atoms with Gasteiger partial charge >= 0.3 is 0 Å². The Bertz CT molecular complexity index is 1250. The average Bonchev–Trinajstić information content (AvgIpc) is 3.49. The van der Waals surface area contributed by atoms with Crippen molar-refractivity contribution in [3.05, 3.63) is 83.7 Å². The number of hydrogen-bond donors (Lipinski definition) is 1. The third-order valence-corrected chi connectivity index (χ3v) is 6.00. The Morgan fingerprint density at radius 1 is 1.11 bits per heavy atom. The van der Waals surface area contributed by atoms with Crippen molar-refractivity contribution in [2.24, 2.45) is 0 Å². The molecule has 1 aliphatic heterocycles. The minimum atomic E-state index is -0.855. The van der Waals surface area contributed by atoms with E-state index < -0.39 is 23.5 Å². The molecule has 0 bridgehead atoms. The lowest BCUT2D eigenvalue weighted by atomic mass is 9.95. The summed E-state index contributed by atoms with van der Waals surface area (Å²) < 4.78 is 26.6. The monoisotopic (exact) mass is 493 g/mol. The Morgan fingerprint density at radius 3 is 2.56 bits per heavy atom. The van der Waals surface area contributed by atoms with Crippen LogP contribution in [0.2, 0.25) is 0 Å². The van der Waals surface area contributed by atoms with E-state index in [1.165, 1.54) is 36.3 Å². The van der Waals surface area contributed by atoms with Crippen LogP contribution in [0, 0.1) is 5.82 Å². The van der Waals surface area contributed by atoms with Crippen molar-refractivity contribution in [3.8, 4) is 11.5 Å². The van der Waals surface area contributed by atoms with Gasteiger partial charge in [0.1, 0.15) is 11.6 Å². The topological polar surface area (TPSA) is 93.9 Å². The van der Waals surface area contributed by atoms with Gasteiger partial charge in [-0.2, -0.15) is 0 Å². The number of aliphatic hydroxyl groups excluding tert-OH is 1. The molecule has 0 unspecified atom stereocenters. The number of aromatic nitrogens is 2. The summed E-state index contributed by atoms with van der Waals surface area (Å²) in [5, 5.41) is 11.1. The largest absolute Gasteiger partial charge is 0.507 e. The highest BCUT2D eigenvalue weighted by molar-refractivity contribution is 6.46. The standard InChI is InChI=1S/C27H28FN3O5/c1-3-15-36-21-10-7-19(16-22(21)35-2)24-23(25(32)18-5-8-20(28)9-6-18)26(33)27(34)31(24)13-4-12-30-14-11-29-17-30/h5-11,14,16-17,24,32H,3-4,12-13,15H2,1-2H3/b25-23+/t24-/m0/s1. The molecule has 1 saturated heterocycles.